The largest absolute Gasteiger partial charge is 0.478 e. The van der Waals surface area contributed by atoms with Crippen molar-refractivity contribution in [2.75, 3.05) is 20.6 Å². The molecule has 1 unspecified atom stereocenters. The zero-order valence-corrected chi connectivity index (χ0v) is 16.3. The van der Waals surface area contributed by atoms with Crippen LogP contribution in [0.15, 0.2) is 30.3 Å². The van der Waals surface area contributed by atoms with Crippen molar-refractivity contribution in [1.29, 1.82) is 0 Å². The lowest BCUT2D eigenvalue weighted by Gasteiger charge is -2.26. The third kappa shape index (κ3) is 3.85. The van der Waals surface area contributed by atoms with Crippen molar-refractivity contribution in [3.63, 3.8) is 0 Å². The average Bonchev–Trinajstić information content (AvgIpc) is 3.11. The van der Waals surface area contributed by atoms with Crippen molar-refractivity contribution in [2.24, 2.45) is 0 Å². The van der Waals surface area contributed by atoms with Gasteiger partial charge in [0.1, 0.15) is 5.82 Å². The van der Waals surface area contributed by atoms with Gasteiger partial charge in [0.15, 0.2) is 0 Å². The quantitative estimate of drug-likeness (QED) is 0.838. The summed E-state index contributed by atoms with van der Waals surface area (Å²) < 4.78 is 27.9. The molecule has 1 aliphatic rings. The van der Waals surface area contributed by atoms with Crippen molar-refractivity contribution in [3.8, 4) is 11.3 Å². The predicted molar refractivity (Wildman–Crippen MR) is 100 cm³/mol. The molecule has 1 aromatic carbocycles. The summed E-state index contributed by atoms with van der Waals surface area (Å²) in [5.74, 6) is -0.501. The first kappa shape index (κ1) is 19.4. The average molecular weight is 390 g/mol. The summed E-state index contributed by atoms with van der Waals surface area (Å²) in [5, 5.41) is 9.20. The molecule has 0 saturated carbocycles. The number of carboxylic acids is 1. The smallest absolute Gasteiger partial charge is 0.335 e. The number of aromatic carboxylic acids is 1. The third-order valence-electron chi connectivity index (χ3n) is 4.57. The van der Waals surface area contributed by atoms with E-state index in [0.29, 0.717) is 35.7 Å². The van der Waals surface area contributed by atoms with Gasteiger partial charge in [-0.1, -0.05) is 12.1 Å². The number of carbonyl (C=O) groups is 1. The molecular formula is C18H22N4O4S. The van der Waals surface area contributed by atoms with E-state index in [0.717, 1.165) is 6.42 Å². The highest BCUT2D eigenvalue weighted by atomic mass is 32.2. The number of aromatic nitrogens is 2. The number of hydrogen-bond donors (Lipinski definition) is 1. The monoisotopic (exact) mass is 390 g/mol. The Morgan fingerprint density at radius 3 is 2.67 bits per heavy atom. The molecule has 1 saturated heterocycles. The Morgan fingerprint density at radius 1 is 1.26 bits per heavy atom. The molecule has 1 N–H and O–H groups in total. The fourth-order valence-electron chi connectivity index (χ4n) is 3.24. The zero-order chi connectivity index (χ0) is 19.8. The number of nitrogens with zero attached hydrogens (tertiary/aromatic N) is 4. The molecule has 9 heteroatoms. The fraction of sp³-hybridized carbons (Fsp3) is 0.389. The Labute approximate surface area is 158 Å². The standard InChI is InChI=1S/C18H22N4O4S/c1-12-19-15(13-6-4-7-14(10-13)18(23)24)11-16(20-12)17-8-5-9-22(17)27(25,26)21(2)3/h4,6-7,10-11,17H,5,8-9H2,1-3H3,(H,23,24). The summed E-state index contributed by atoms with van der Waals surface area (Å²) in [6, 6.07) is 7.90. The molecule has 3 rings (SSSR count). The maximum Gasteiger partial charge on any atom is 0.335 e. The highest BCUT2D eigenvalue weighted by molar-refractivity contribution is 7.86. The third-order valence-corrected chi connectivity index (χ3v) is 6.52. The molecule has 0 aliphatic carbocycles. The lowest BCUT2D eigenvalue weighted by molar-refractivity contribution is 0.0697. The molecule has 8 nitrogen and oxygen atoms in total. The van der Waals surface area contributed by atoms with E-state index in [9.17, 15) is 18.3 Å². The molecule has 1 atom stereocenters. The highest BCUT2D eigenvalue weighted by Gasteiger charge is 2.37. The zero-order valence-electron chi connectivity index (χ0n) is 15.5. The van der Waals surface area contributed by atoms with Gasteiger partial charge in [0.05, 0.1) is 23.0 Å². The molecule has 0 spiro atoms. The van der Waals surface area contributed by atoms with E-state index < -0.39 is 16.2 Å². The van der Waals surface area contributed by atoms with Crippen LogP contribution in [0.3, 0.4) is 0 Å². The number of carboxylic acid groups (broad SMARTS) is 1. The number of rotatable bonds is 5. The van der Waals surface area contributed by atoms with Gasteiger partial charge in [-0.3, -0.25) is 0 Å². The topological polar surface area (TPSA) is 104 Å². The van der Waals surface area contributed by atoms with Crippen molar-refractivity contribution in [2.45, 2.75) is 25.8 Å². The lowest BCUT2D eigenvalue weighted by atomic mass is 10.0. The van der Waals surface area contributed by atoms with Gasteiger partial charge in [-0.25, -0.2) is 14.8 Å². The molecule has 0 bridgehead atoms. The second kappa shape index (κ2) is 7.34. The number of aryl methyl sites for hydroxylation is 1. The normalized spacial score (nSPS) is 18.1. The Morgan fingerprint density at radius 2 is 2.00 bits per heavy atom. The van der Waals surface area contributed by atoms with E-state index in [1.807, 2.05) is 0 Å². The van der Waals surface area contributed by atoms with E-state index in [-0.39, 0.29) is 11.6 Å². The molecule has 27 heavy (non-hydrogen) atoms. The number of hydrogen-bond acceptors (Lipinski definition) is 5. The van der Waals surface area contributed by atoms with Crippen LogP contribution in [0.2, 0.25) is 0 Å². The van der Waals surface area contributed by atoms with Gasteiger partial charge in [0.25, 0.3) is 10.2 Å². The minimum atomic E-state index is -3.55. The van der Waals surface area contributed by atoms with Crippen LogP contribution >= 0.6 is 0 Å². The first-order valence-electron chi connectivity index (χ1n) is 8.59. The van der Waals surface area contributed by atoms with Gasteiger partial charge in [-0.15, -0.1) is 0 Å². The van der Waals surface area contributed by atoms with Crippen LogP contribution < -0.4 is 0 Å². The van der Waals surface area contributed by atoms with Crippen LogP contribution in [0, 0.1) is 6.92 Å². The fourth-order valence-corrected chi connectivity index (χ4v) is 4.56. The van der Waals surface area contributed by atoms with E-state index >= 15 is 0 Å². The summed E-state index contributed by atoms with van der Waals surface area (Å²) in [7, 11) is -0.528. The molecule has 2 heterocycles. The van der Waals surface area contributed by atoms with E-state index in [2.05, 4.69) is 9.97 Å². The van der Waals surface area contributed by atoms with Crippen molar-refractivity contribution in [1.82, 2.24) is 18.6 Å². The van der Waals surface area contributed by atoms with Gasteiger partial charge in [0.2, 0.25) is 0 Å². The summed E-state index contributed by atoms with van der Waals surface area (Å²) in [6.45, 7) is 2.19. The first-order valence-corrected chi connectivity index (χ1v) is 9.98. The van der Waals surface area contributed by atoms with E-state index in [1.165, 1.54) is 28.8 Å². The Balaban J connectivity index is 2.03. The van der Waals surface area contributed by atoms with Gasteiger partial charge in [-0.2, -0.15) is 17.0 Å². The molecule has 0 amide bonds. The van der Waals surface area contributed by atoms with Crippen LogP contribution in [0.1, 0.15) is 40.8 Å². The van der Waals surface area contributed by atoms with Crippen molar-refractivity contribution >= 4 is 16.2 Å². The van der Waals surface area contributed by atoms with Crippen molar-refractivity contribution < 1.29 is 18.3 Å². The summed E-state index contributed by atoms with van der Waals surface area (Å²) in [5.41, 5.74) is 2.03. The Bertz CT molecular complexity index is 975. The second-order valence-electron chi connectivity index (χ2n) is 6.67. The van der Waals surface area contributed by atoms with Crippen LogP contribution in [0.25, 0.3) is 11.3 Å². The van der Waals surface area contributed by atoms with Crippen molar-refractivity contribution in [3.05, 3.63) is 47.4 Å². The first-order chi connectivity index (χ1) is 12.7. The number of benzene rings is 1. The maximum absolute atomic E-state index is 12.6. The molecule has 1 aliphatic heterocycles. The minimum absolute atomic E-state index is 0.169. The lowest BCUT2D eigenvalue weighted by Crippen LogP contribution is -2.39. The minimum Gasteiger partial charge on any atom is -0.478 e. The summed E-state index contributed by atoms with van der Waals surface area (Å²) in [6.07, 6.45) is 1.43. The predicted octanol–water partition coefficient (Wildman–Crippen LogP) is 2.09. The van der Waals surface area contributed by atoms with Crippen LogP contribution in [-0.4, -0.2) is 58.7 Å². The molecule has 1 aromatic heterocycles. The van der Waals surface area contributed by atoms with Gasteiger partial charge < -0.3 is 5.11 Å². The van der Waals surface area contributed by atoms with Crippen LogP contribution in [-0.2, 0) is 10.2 Å². The molecular weight excluding hydrogens is 368 g/mol. The van der Waals surface area contributed by atoms with E-state index in [1.54, 1.807) is 31.2 Å². The van der Waals surface area contributed by atoms with Crippen LogP contribution in [0.5, 0.6) is 0 Å². The molecule has 0 radical (unpaired) electrons. The maximum atomic E-state index is 12.6. The SMILES string of the molecule is Cc1nc(-c2cccc(C(=O)O)c2)cc(C2CCCN2S(=O)(=O)N(C)C)n1. The Hall–Kier alpha value is -2.36. The second-order valence-corrected chi connectivity index (χ2v) is 8.77. The molecule has 1 fully saturated rings. The van der Waals surface area contributed by atoms with Gasteiger partial charge >= 0.3 is 5.97 Å². The van der Waals surface area contributed by atoms with Gasteiger partial charge in [-0.05, 0) is 38.0 Å². The molecule has 144 valence electrons. The highest BCUT2D eigenvalue weighted by Crippen LogP contribution is 2.35. The Kier molecular flexibility index (Phi) is 5.27. The molecule has 2 aromatic rings. The van der Waals surface area contributed by atoms with Gasteiger partial charge in [0, 0.05) is 26.2 Å². The summed E-state index contributed by atoms with van der Waals surface area (Å²) >= 11 is 0. The van der Waals surface area contributed by atoms with Crippen LogP contribution in [0.4, 0.5) is 0 Å². The van der Waals surface area contributed by atoms with E-state index in [4.69, 9.17) is 0 Å². The summed E-state index contributed by atoms with van der Waals surface area (Å²) in [4.78, 5) is 20.1.